The average molecular weight is 252 g/mol. The van der Waals surface area contributed by atoms with Crippen LogP contribution in [-0.4, -0.2) is 43.1 Å². The topological polar surface area (TPSA) is 19.4 Å². The molecule has 1 fully saturated rings. The zero-order chi connectivity index (χ0) is 13.1. The Bertz CT molecular complexity index is 513. The summed E-state index contributed by atoms with van der Waals surface area (Å²) in [5.74, 6) is 0. The van der Waals surface area contributed by atoms with E-state index >= 15 is 0 Å². The third kappa shape index (κ3) is 2.76. The number of hydrogen-bond donors (Lipinski definition) is 0. The van der Waals surface area contributed by atoms with Crippen molar-refractivity contribution in [3.05, 3.63) is 48.8 Å². The first kappa shape index (κ1) is 12.2. The number of benzene rings is 1. The molecule has 2 heterocycles. The number of hydrogen-bond acceptors (Lipinski definition) is 3. The zero-order valence-corrected chi connectivity index (χ0v) is 11.2. The Hall–Kier alpha value is -1.87. The van der Waals surface area contributed by atoms with E-state index in [1.54, 1.807) is 6.20 Å². The molecule has 1 aromatic heterocycles. The summed E-state index contributed by atoms with van der Waals surface area (Å²) in [6.45, 7) is 4.49. The Labute approximate surface area is 114 Å². The van der Waals surface area contributed by atoms with Crippen LogP contribution in [0.15, 0.2) is 42.7 Å². The minimum atomic E-state index is 1.11. The fourth-order valence-electron chi connectivity index (χ4n) is 2.41. The molecule has 2 aromatic rings. The third-order valence-electron chi connectivity index (χ3n) is 3.67. The lowest BCUT2D eigenvalue weighted by Gasteiger charge is -2.34. The van der Waals surface area contributed by atoms with E-state index in [1.165, 1.54) is 11.3 Å². The van der Waals surface area contributed by atoms with Gasteiger partial charge in [-0.15, -0.1) is 0 Å². The summed E-state index contributed by atoms with van der Waals surface area (Å²) in [4.78, 5) is 8.93. The predicted molar refractivity (Wildman–Crippen MR) is 78.2 cm³/mol. The van der Waals surface area contributed by atoms with Crippen molar-refractivity contribution < 1.29 is 0 Å². The van der Waals surface area contributed by atoms with Gasteiger partial charge in [-0.25, -0.2) is 0 Å². The van der Waals surface area contributed by atoms with E-state index in [2.05, 4.69) is 52.2 Å². The molecule has 1 aliphatic rings. The second-order valence-electron chi connectivity index (χ2n) is 5.01. The Morgan fingerprint density at radius 3 is 2.37 bits per heavy atom. The zero-order valence-electron chi connectivity index (χ0n) is 11.2. The molecule has 3 nitrogen and oxygen atoms in total. The van der Waals surface area contributed by atoms with E-state index in [-0.39, 0.29) is 0 Å². The number of likely N-dealkylation sites (N-methyl/N-ethyl adjacent to an activating group) is 1. The van der Waals surface area contributed by atoms with Crippen LogP contribution in [0.25, 0.3) is 11.1 Å². The first-order chi connectivity index (χ1) is 9.33. The standard InChI is InChI=1S/C16H18N3/c1-18-9-11-19(12-10-18)16-6-4-14(5-7-16)15-3-2-8-17-13-15/h3-8,13H,9-12H2,1H3. The molecule has 3 heteroatoms. The maximum atomic E-state index is 4.11. The molecule has 0 atom stereocenters. The van der Waals surface area contributed by atoms with Gasteiger partial charge in [-0.1, -0.05) is 12.1 Å². The summed E-state index contributed by atoms with van der Waals surface area (Å²) in [6.07, 6.45) is 3.56. The van der Waals surface area contributed by atoms with Crippen LogP contribution < -0.4 is 4.90 Å². The quantitative estimate of drug-likeness (QED) is 0.817. The molecule has 0 saturated carbocycles. The van der Waals surface area contributed by atoms with Crippen LogP contribution in [0.4, 0.5) is 5.69 Å². The summed E-state index contributed by atoms with van der Waals surface area (Å²) >= 11 is 0. The highest BCUT2D eigenvalue weighted by Gasteiger charge is 2.13. The molecule has 0 bridgehead atoms. The molecule has 1 radical (unpaired) electrons. The Kier molecular flexibility index (Phi) is 3.47. The smallest absolute Gasteiger partial charge is 0.0367 e. The first-order valence-electron chi connectivity index (χ1n) is 6.68. The molecule has 3 rings (SSSR count). The van der Waals surface area contributed by atoms with Gasteiger partial charge in [0.2, 0.25) is 0 Å². The van der Waals surface area contributed by atoms with E-state index in [4.69, 9.17) is 0 Å². The number of aromatic nitrogens is 1. The van der Waals surface area contributed by atoms with Gasteiger partial charge in [-0.3, -0.25) is 4.98 Å². The summed E-state index contributed by atoms with van der Waals surface area (Å²) in [7, 11) is 2.18. The minimum absolute atomic E-state index is 1.11. The molecule has 97 valence electrons. The fraction of sp³-hybridized carbons (Fsp3) is 0.312. The van der Waals surface area contributed by atoms with Gasteiger partial charge < -0.3 is 9.80 Å². The molecule has 1 aromatic carbocycles. The number of piperazine rings is 1. The second-order valence-corrected chi connectivity index (χ2v) is 5.01. The lowest BCUT2D eigenvalue weighted by atomic mass is 10.1. The van der Waals surface area contributed by atoms with Gasteiger partial charge in [0.1, 0.15) is 0 Å². The number of nitrogens with zero attached hydrogens (tertiary/aromatic N) is 3. The monoisotopic (exact) mass is 252 g/mol. The molecule has 0 unspecified atom stereocenters. The maximum Gasteiger partial charge on any atom is 0.0367 e. The highest BCUT2D eigenvalue weighted by atomic mass is 15.2. The average Bonchev–Trinajstić information content (AvgIpc) is 2.49. The molecule has 0 amide bonds. The Morgan fingerprint density at radius 1 is 1.00 bits per heavy atom. The fourth-order valence-corrected chi connectivity index (χ4v) is 2.41. The minimum Gasteiger partial charge on any atom is -0.369 e. The molecule has 1 aliphatic heterocycles. The van der Waals surface area contributed by atoms with Crippen LogP contribution in [-0.2, 0) is 0 Å². The highest BCUT2D eigenvalue weighted by molar-refractivity contribution is 5.65. The summed E-state index contributed by atoms with van der Waals surface area (Å²) in [5.41, 5.74) is 3.62. The lowest BCUT2D eigenvalue weighted by molar-refractivity contribution is 0.313. The van der Waals surface area contributed by atoms with Gasteiger partial charge in [-0.05, 0) is 30.8 Å². The molecule has 1 saturated heterocycles. The van der Waals surface area contributed by atoms with Crippen LogP contribution >= 0.6 is 0 Å². The molecule has 0 N–H and O–H groups in total. The third-order valence-corrected chi connectivity index (χ3v) is 3.67. The molecule has 0 aliphatic carbocycles. The van der Waals surface area contributed by atoms with Crippen molar-refractivity contribution in [2.24, 2.45) is 0 Å². The number of rotatable bonds is 2. The SMILES string of the molecule is CN1CCN(c2ccc(-c3c[c]cnc3)cc2)CC1. The molecule has 19 heavy (non-hydrogen) atoms. The Balaban J connectivity index is 1.76. The second kappa shape index (κ2) is 5.41. The maximum absolute atomic E-state index is 4.11. The van der Waals surface area contributed by atoms with Gasteiger partial charge in [0.25, 0.3) is 0 Å². The molecular weight excluding hydrogens is 234 g/mol. The van der Waals surface area contributed by atoms with Crippen LogP contribution in [0.2, 0.25) is 0 Å². The van der Waals surface area contributed by atoms with Gasteiger partial charge >= 0.3 is 0 Å². The number of anilines is 1. The van der Waals surface area contributed by atoms with E-state index < -0.39 is 0 Å². The van der Waals surface area contributed by atoms with E-state index in [9.17, 15) is 0 Å². The van der Waals surface area contributed by atoms with Crippen molar-refractivity contribution in [3.8, 4) is 11.1 Å². The lowest BCUT2D eigenvalue weighted by Crippen LogP contribution is -2.44. The van der Waals surface area contributed by atoms with Crippen LogP contribution in [0, 0.1) is 6.07 Å². The van der Waals surface area contributed by atoms with E-state index in [1.807, 2.05) is 12.3 Å². The van der Waals surface area contributed by atoms with Crippen LogP contribution in [0.5, 0.6) is 0 Å². The summed E-state index contributed by atoms with van der Waals surface area (Å²) in [6, 6.07) is 13.7. The van der Waals surface area contributed by atoms with Crippen molar-refractivity contribution in [2.45, 2.75) is 0 Å². The Morgan fingerprint density at radius 2 is 1.74 bits per heavy atom. The van der Waals surface area contributed by atoms with E-state index in [0.717, 1.165) is 31.7 Å². The van der Waals surface area contributed by atoms with Crippen molar-refractivity contribution in [1.29, 1.82) is 0 Å². The predicted octanol–water partition coefficient (Wildman–Crippen LogP) is 2.30. The largest absolute Gasteiger partial charge is 0.369 e. The van der Waals surface area contributed by atoms with Crippen molar-refractivity contribution >= 4 is 5.69 Å². The highest BCUT2D eigenvalue weighted by Crippen LogP contribution is 2.22. The number of pyridine rings is 1. The van der Waals surface area contributed by atoms with Gasteiger partial charge in [0.15, 0.2) is 0 Å². The van der Waals surface area contributed by atoms with Crippen molar-refractivity contribution in [3.63, 3.8) is 0 Å². The van der Waals surface area contributed by atoms with Crippen molar-refractivity contribution in [2.75, 3.05) is 38.1 Å². The molecule has 0 spiro atoms. The van der Waals surface area contributed by atoms with E-state index in [0.29, 0.717) is 0 Å². The van der Waals surface area contributed by atoms with Crippen LogP contribution in [0.3, 0.4) is 0 Å². The van der Waals surface area contributed by atoms with Gasteiger partial charge in [0.05, 0.1) is 0 Å². The molecular formula is C16H18N3. The van der Waals surface area contributed by atoms with Gasteiger partial charge in [-0.2, -0.15) is 0 Å². The van der Waals surface area contributed by atoms with Crippen molar-refractivity contribution in [1.82, 2.24) is 9.88 Å². The first-order valence-corrected chi connectivity index (χ1v) is 6.68. The van der Waals surface area contributed by atoms with Gasteiger partial charge in [0, 0.05) is 55.9 Å². The normalized spacial score (nSPS) is 16.6. The summed E-state index contributed by atoms with van der Waals surface area (Å²) < 4.78 is 0. The summed E-state index contributed by atoms with van der Waals surface area (Å²) in [5, 5.41) is 0. The van der Waals surface area contributed by atoms with Crippen LogP contribution in [0.1, 0.15) is 0 Å².